The molecule has 1 aromatic heterocycles. The minimum absolute atomic E-state index is 0.00903. The molecular formula is C28H27NO6S2. The van der Waals surface area contributed by atoms with Crippen molar-refractivity contribution >= 4 is 36.9 Å². The summed E-state index contributed by atoms with van der Waals surface area (Å²) in [5.74, 6) is 0. The lowest BCUT2D eigenvalue weighted by Crippen LogP contribution is -2.12. The summed E-state index contributed by atoms with van der Waals surface area (Å²) in [4.78, 5) is 16.5. The predicted molar refractivity (Wildman–Crippen MR) is 141 cm³/mol. The maximum atomic E-state index is 13.8. The van der Waals surface area contributed by atoms with Crippen molar-refractivity contribution in [3.8, 4) is 0 Å². The van der Waals surface area contributed by atoms with Gasteiger partial charge in [-0.3, -0.25) is 0 Å². The zero-order valence-electron chi connectivity index (χ0n) is 20.9. The molecule has 192 valence electrons. The van der Waals surface area contributed by atoms with Crippen molar-refractivity contribution in [2.75, 3.05) is 0 Å². The molecule has 4 rings (SSSR count). The molecule has 0 aliphatic rings. The number of hydrogen-bond donors (Lipinski definition) is 0. The van der Waals surface area contributed by atoms with Gasteiger partial charge in [0.2, 0.25) is 9.84 Å². The summed E-state index contributed by atoms with van der Waals surface area (Å²) in [5, 5.41) is 0.439. The van der Waals surface area contributed by atoms with Crippen LogP contribution in [0.1, 0.15) is 29.2 Å². The number of carbonyl (C=O) groups excluding carboxylic acids is 2. The number of benzene rings is 3. The largest absolute Gasteiger partial charge is 0.373 e. The molecule has 0 fully saturated rings. The zero-order valence-corrected chi connectivity index (χ0v) is 22.6. The van der Waals surface area contributed by atoms with Crippen molar-refractivity contribution in [3.63, 3.8) is 0 Å². The molecule has 0 amide bonds. The van der Waals surface area contributed by atoms with Crippen LogP contribution in [0.4, 0.5) is 0 Å². The van der Waals surface area contributed by atoms with Crippen LogP contribution in [0.15, 0.2) is 93.7 Å². The van der Waals surface area contributed by atoms with Crippen LogP contribution < -0.4 is 0 Å². The van der Waals surface area contributed by atoms with Crippen molar-refractivity contribution < 1.29 is 26.4 Å². The molecule has 0 saturated carbocycles. The molecule has 0 aliphatic carbocycles. The van der Waals surface area contributed by atoms with Gasteiger partial charge in [-0.05, 0) is 75.6 Å². The highest BCUT2D eigenvalue weighted by atomic mass is 32.2. The third kappa shape index (κ3) is 5.49. The fraction of sp³-hybridized carbons (Fsp3) is 0.179. The number of sulfone groups is 1. The fourth-order valence-electron chi connectivity index (χ4n) is 4.01. The summed E-state index contributed by atoms with van der Waals surface area (Å²) < 4.78 is 56.0. The Kier molecular flexibility index (Phi) is 8.33. The molecule has 4 aromatic rings. The Morgan fingerprint density at radius 2 is 1.30 bits per heavy atom. The van der Waals surface area contributed by atoms with Gasteiger partial charge in [-0.25, -0.2) is 20.8 Å². The van der Waals surface area contributed by atoms with Crippen LogP contribution in [0.2, 0.25) is 0 Å². The van der Waals surface area contributed by atoms with E-state index in [0.717, 1.165) is 26.2 Å². The Hall–Kier alpha value is -3.78. The van der Waals surface area contributed by atoms with Crippen LogP contribution in [0.5, 0.6) is 0 Å². The first-order chi connectivity index (χ1) is 17.5. The highest BCUT2D eigenvalue weighted by molar-refractivity contribution is 7.92. The molecule has 0 saturated heterocycles. The second-order valence-corrected chi connectivity index (χ2v) is 12.3. The van der Waals surface area contributed by atoms with Crippen molar-refractivity contribution in [1.82, 2.24) is 3.97 Å². The van der Waals surface area contributed by atoms with Crippen molar-refractivity contribution in [1.29, 1.82) is 0 Å². The quantitative estimate of drug-likeness (QED) is 0.314. The van der Waals surface area contributed by atoms with Gasteiger partial charge in [0.1, 0.15) is 0 Å². The highest BCUT2D eigenvalue weighted by Gasteiger charge is 2.29. The lowest BCUT2D eigenvalue weighted by Gasteiger charge is -2.11. The molecule has 0 radical (unpaired) electrons. The summed E-state index contributed by atoms with van der Waals surface area (Å²) in [6, 6.07) is 16.7. The van der Waals surface area contributed by atoms with E-state index in [1.165, 1.54) is 6.20 Å². The average Bonchev–Trinajstić information content (AvgIpc) is 3.26. The zero-order chi connectivity index (χ0) is 27.4. The maximum absolute atomic E-state index is 13.8. The molecule has 0 bridgehead atoms. The smallest absolute Gasteiger partial charge is 0.240 e. The van der Waals surface area contributed by atoms with Gasteiger partial charge >= 0.3 is 6.15 Å². The van der Waals surface area contributed by atoms with Gasteiger partial charge in [0.15, 0.2) is 0 Å². The van der Waals surface area contributed by atoms with Crippen molar-refractivity contribution in [2.45, 2.75) is 48.8 Å². The Morgan fingerprint density at radius 3 is 1.81 bits per heavy atom. The second kappa shape index (κ2) is 11.1. The van der Waals surface area contributed by atoms with Crippen LogP contribution >= 0.6 is 0 Å². The lowest BCUT2D eigenvalue weighted by molar-refractivity contribution is -0.191. The van der Waals surface area contributed by atoms with Crippen LogP contribution in [0.3, 0.4) is 0 Å². The molecule has 0 unspecified atom stereocenters. The first kappa shape index (κ1) is 27.8. The topological polar surface area (TPSA) is 107 Å². The van der Waals surface area contributed by atoms with Crippen molar-refractivity contribution in [2.24, 2.45) is 0 Å². The van der Waals surface area contributed by atoms with Crippen LogP contribution in [-0.4, -0.2) is 27.0 Å². The Balaban J connectivity index is 0.00000121. The molecule has 37 heavy (non-hydrogen) atoms. The summed E-state index contributed by atoms with van der Waals surface area (Å²) in [6.45, 7) is 7.57. The van der Waals surface area contributed by atoms with E-state index < -0.39 is 19.9 Å². The van der Waals surface area contributed by atoms with Gasteiger partial charge < -0.3 is 0 Å². The predicted octanol–water partition coefficient (Wildman–Crippen LogP) is 5.17. The molecule has 0 aliphatic heterocycles. The normalized spacial score (nSPS) is 11.8. The Labute approximate surface area is 217 Å². The lowest BCUT2D eigenvalue weighted by atomic mass is 10.0. The third-order valence-electron chi connectivity index (χ3n) is 6.00. The number of aryl methyl sites for hydroxylation is 3. The van der Waals surface area contributed by atoms with Gasteiger partial charge in [0.05, 0.1) is 20.2 Å². The van der Waals surface area contributed by atoms with E-state index in [4.69, 9.17) is 9.59 Å². The number of hydrogen-bond acceptors (Lipinski definition) is 6. The monoisotopic (exact) mass is 537 g/mol. The first-order valence-electron chi connectivity index (χ1n) is 11.4. The number of nitrogens with zero attached hydrogens (tertiary/aromatic N) is 1. The van der Waals surface area contributed by atoms with Gasteiger partial charge in [0.25, 0.3) is 10.0 Å². The highest BCUT2D eigenvalue weighted by Crippen LogP contribution is 2.36. The summed E-state index contributed by atoms with van der Waals surface area (Å²) in [6.07, 6.45) is 5.83. The van der Waals surface area contributed by atoms with Gasteiger partial charge in [-0.15, -0.1) is 0 Å². The molecule has 0 spiro atoms. The fourth-order valence-corrected chi connectivity index (χ4v) is 6.93. The van der Waals surface area contributed by atoms with E-state index in [1.54, 1.807) is 54.6 Å². The van der Waals surface area contributed by atoms with E-state index in [0.29, 0.717) is 17.3 Å². The first-order valence-corrected chi connectivity index (χ1v) is 14.3. The SMILES string of the molecule is C/C=C/Cc1c(C)ccc2c1c(S(=O)(=O)c1ccc(C)cc1)cn2S(=O)(=O)c1ccc(C)cc1.O=C=O. The van der Waals surface area contributed by atoms with Gasteiger partial charge in [-0.1, -0.05) is 53.6 Å². The van der Waals surface area contributed by atoms with Gasteiger partial charge in [-0.2, -0.15) is 9.59 Å². The Bertz CT molecular complexity index is 1710. The Morgan fingerprint density at radius 1 is 0.784 bits per heavy atom. The van der Waals surface area contributed by atoms with E-state index in [1.807, 2.05) is 45.9 Å². The number of allylic oxidation sites excluding steroid dienone is 2. The van der Waals surface area contributed by atoms with E-state index in [9.17, 15) is 16.8 Å². The molecule has 3 aromatic carbocycles. The minimum Gasteiger partial charge on any atom is -0.240 e. The molecule has 1 heterocycles. The van der Waals surface area contributed by atoms with Crippen molar-refractivity contribution in [3.05, 3.63) is 101 Å². The number of aromatic nitrogens is 1. The van der Waals surface area contributed by atoms with Gasteiger partial charge in [0, 0.05) is 11.6 Å². The summed E-state index contributed by atoms with van der Waals surface area (Å²) in [5.41, 5.74) is 3.91. The number of fused-ring (bicyclic) bond motifs is 1. The molecule has 9 heteroatoms. The maximum Gasteiger partial charge on any atom is 0.373 e. The molecule has 0 atom stereocenters. The molecule has 0 N–H and O–H groups in total. The molecular weight excluding hydrogens is 510 g/mol. The standard InChI is InChI=1S/C27H27NO4S2.CO2/c1-5-6-7-24-21(4)12-17-25-27(24)26(33(29,30)22-13-8-19(2)9-14-22)18-28(25)34(31,32)23-15-10-20(3)11-16-23;2-1-3/h5-6,8-18H,7H2,1-4H3;/b6-5+;. The average molecular weight is 538 g/mol. The van der Waals surface area contributed by atoms with E-state index in [-0.39, 0.29) is 20.8 Å². The third-order valence-corrected chi connectivity index (χ3v) is 9.47. The van der Waals surface area contributed by atoms with Crippen LogP contribution in [-0.2, 0) is 35.9 Å². The van der Waals surface area contributed by atoms with Crippen LogP contribution in [0.25, 0.3) is 10.9 Å². The second-order valence-electron chi connectivity index (χ2n) is 8.54. The number of rotatable bonds is 6. The van der Waals surface area contributed by atoms with E-state index in [2.05, 4.69) is 0 Å². The summed E-state index contributed by atoms with van der Waals surface area (Å²) in [7, 11) is -8.01. The minimum atomic E-state index is -4.03. The van der Waals surface area contributed by atoms with Crippen LogP contribution in [0, 0.1) is 20.8 Å². The van der Waals surface area contributed by atoms with E-state index >= 15 is 0 Å². The molecule has 7 nitrogen and oxygen atoms in total. The summed E-state index contributed by atoms with van der Waals surface area (Å²) >= 11 is 0.